The van der Waals surface area contributed by atoms with E-state index in [1.165, 1.54) is 6.07 Å². The Morgan fingerprint density at radius 1 is 1.10 bits per heavy atom. The van der Waals surface area contributed by atoms with Crippen molar-refractivity contribution in [3.63, 3.8) is 0 Å². The summed E-state index contributed by atoms with van der Waals surface area (Å²) in [6, 6.07) is 13.5. The summed E-state index contributed by atoms with van der Waals surface area (Å²) in [6.07, 6.45) is 2.78. The van der Waals surface area contributed by atoms with Crippen LogP contribution in [0, 0.1) is 23.0 Å². The number of para-hydroxylation sites is 1. The molecule has 6 heteroatoms. The molecule has 1 saturated heterocycles. The number of nitrogens with one attached hydrogen (secondary N) is 1. The number of halogens is 2. The molecular formula is C23H22F2N2O2. The van der Waals surface area contributed by atoms with Gasteiger partial charge in [-0.05, 0) is 62.0 Å². The average Bonchev–Trinajstić information content (AvgIpc) is 3.26. The summed E-state index contributed by atoms with van der Waals surface area (Å²) in [5.41, 5.74) is 1.26. The Morgan fingerprint density at radius 3 is 2.66 bits per heavy atom. The molecule has 3 aromatic rings. The lowest BCUT2D eigenvalue weighted by molar-refractivity contribution is -0.118. The monoisotopic (exact) mass is 396 g/mol. The SMILES string of the molecule is O=C(Nc1ccc(F)c(F)c1)[C@@H]1CC12CCN(Cc1cc3ccccc3o1)CC2. The second-order valence-electron chi connectivity index (χ2n) is 8.26. The fourth-order valence-electron chi connectivity index (χ4n) is 4.57. The van der Waals surface area contributed by atoms with Gasteiger partial charge in [0.2, 0.25) is 5.91 Å². The Balaban J connectivity index is 1.16. The molecule has 1 saturated carbocycles. The second-order valence-corrected chi connectivity index (χ2v) is 8.26. The lowest BCUT2D eigenvalue weighted by Crippen LogP contribution is -2.35. The maximum atomic E-state index is 13.3. The van der Waals surface area contributed by atoms with Crippen LogP contribution in [0.3, 0.4) is 0 Å². The number of fused-ring (bicyclic) bond motifs is 1. The Morgan fingerprint density at radius 2 is 1.90 bits per heavy atom. The molecule has 2 heterocycles. The highest BCUT2D eigenvalue weighted by Crippen LogP contribution is 2.59. The number of amides is 1. The number of carbonyl (C=O) groups is 1. The molecule has 1 aliphatic carbocycles. The molecule has 1 aromatic heterocycles. The van der Waals surface area contributed by atoms with Crippen LogP contribution < -0.4 is 5.32 Å². The van der Waals surface area contributed by atoms with Crippen LogP contribution in [-0.4, -0.2) is 23.9 Å². The summed E-state index contributed by atoms with van der Waals surface area (Å²) in [5.74, 6) is -1.05. The molecule has 150 valence electrons. The van der Waals surface area contributed by atoms with E-state index in [9.17, 15) is 13.6 Å². The number of carbonyl (C=O) groups excluding carboxylic acids is 1. The van der Waals surface area contributed by atoms with Crippen molar-refractivity contribution in [1.29, 1.82) is 0 Å². The van der Waals surface area contributed by atoms with Gasteiger partial charge in [-0.2, -0.15) is 0 Å². The predicted molar refractivity (Wildman–Crippen MR) is 106 cm³/mol. The van der Waals surface area contributed by atoms with Crippen molar-refractivity contribution in [1.82, 2.24) is 4.90 Å². The van der Waals surface area contributed by atoms with Gasteiger partial charge in [0.25, 0.3) is 0 Å². The first-order valence-corrected chi connectivity index (χ1v) is 9.98. The minimum absolute atomic E-state index is 0.0486. The highest BCUT2D eigenvalue weighted by atomic mass is 19.2. The number of rotatable bonds is 4. The van der Waals surface area contributed by atoms with Crippen LogP contribution in [0.4, 0.5) is 14.5 Å². The van der Waals surface area contributed by atoms with E-state index in [1.54, 1.807) is 0 Å². The van der Waals surface area contributed by atoms with Crippen molar-refractivity contribution in [3.05, 3.63) is 65.9 Å². The van der Waals surface area contributed by atoms with E-state index in [1.807, 2.05) is 24.3 Å². The molecular weight excluding hydrogens is 374 g/mol. The average molecular weight is 396 g/mol. The molecule has 29 heavy (non-hydrogen) atoms. The van der Waals surface area contributed by atoms with Crippen LogP contribution in [0.25, 0.3) is 11.0 Å². The number of anilines is 1. The van der Waals surface area contributed by atoms with Crippen LogP contribution in [0.1, 0.15) is 25.0 Å². The van der Waals surface area contributed by atoms with Crippen LogP contribution in [0.2, 0.25) is 0 Å². The standard InChI is InChI=1S/C23H22F2N2O2/c24-19-6-5-16(12-20(19)25)26-22(28)18-13-23(18)7-9-27(10-8-23)14-17-11-15-3-1-2-4-21(15)29-17/h1-6,11-12,18H,7-10,13-14H2,(H,26,28)/t18-/m0/s1. The zero-order valence-corrected chi connectivity index (χ0v) is 16.0. The van der Waals surface area contributed by atoms with Gasteiger partial charge in [-0.25, -0.2) is 8.78 Å². The number of hydrogen-bond acceptors (Lipinski definition) is 3. The molecule has 0 radical (unpaired) electrons. The molecule has 2 aromatic carbocycles. The molecule has 5 rings (SSSR count). The molecule has 1 N–H and O–H groups in total. The fraction of sp³-hybridized carbons (Fsp3) is 0.348. The molecule has 2 fully saturated rings. The smallest absolute Gasteiger partial charge is 0.228 e. The highest BCUT2D eigenvalue weighted by molar-refractivity contribution is 5.95. The van der Waals surface area contributed by atoms with E-state index in [0.717, 1.165) is 67.8 Å². The van der Waals surface area contributed by atoms with Gasteiger partial charge in [0.1, 0.15) is 11.3 Å². The van der Waals surface area contributed by atoms with Gasteiger partial charge in [-0.15, -0.1) is 0 Å². The molecule has 0 unspecified atom stereocenters. The van der Waals surface area contributed by atoms with Gasteiger partial charge in [-0.1, -0.05) is 18.2 Å². The first-order valence-electron chi connectivity index (χ1n) is 9.98. The Bertz CT molecular complexity index is 1040. The molecule has 1 atom stereocenters. The Kier molecular flexibility index (Phi) is 4.39. The van der Waals surface area contributed by atoms with Crippen molar-refractivity contribution in [2.45, 2.75) is 25.8 Å². The molecule has 0 bridgehead atoms. The minimum Gasteiger partial charge on any atom is -0.460 e. The van der Waals surface area contributed by atoms with E-state index < -0.39 is 11.6 Å². The van der Waals surface area contributed by atoms with Crippen molar-refractivity contribution in [2.24, 2.45) is 11.3 Å². The van der Waals surface area contributed by atoms with Gasteiger partial charge in [-0.3, -0.25) is 9.69 Å². The summed E-state index contributed by atoms with van der Waals surface area (Å²) in [7, 11) is 0. The maximum Gasteiger partial charge on any atom is 0.228 e. The van der Waals surface area contributed by atoms with E-state index in [0.29, 0.717) is 5.69 Å². The Labute approximate surface area is 167 Å². The molecule has 4 nitrogen and oxygen atoms in total. The number of hydrogen-bond donors (Lipinski definition) is 1. The minimum atomic E-state index is -0.952. The van der Waals surface area contributed by atoms with Gasteiger partial charge in [0, 0.05) is 23.1 Å². The summed E-state index contributed by atoms with van der Waals surface area (Å²) >= 11 is 0. The van der Waals surface area contributed by atoms with Crippen molar-refractivity contribution in [2.75, 3.05) is 18.4 Å². The lowest BCUT2D eigenvalue weighted by Gasteiger charge is -2.32. The van der Waals surface area contributed by atoms with Crippen LogP contribution >= 0.6 is 0 Å². The number of nitrogens with zero attached hydrogens (tertiary/aromatic N) is 1. The van der Waals surface area contributed by atoms with E-state index in [4.69, 9.17) is 4.42 Å². The van der Waals surface area contributed by atoms with Gasteiger partial charge >= 0.3 is 0 Å². The fourth-order valence-corrected chi connectivity index (χ4v) is 4.57. The van der Waals surface area contributed by atoms with Crippen molar-refractivity contribution < 1.29 is 18.0 Å². The van der Waals surface area contributed by atoms with Crippen molar-refractivity contribution >= 4 is 22.6 Å². The molecule has 1 amide bonds. The molecule has 2 aliphatic rings. The number of furan rings is 1. The van der Waals surface area contributed by atoms with Gasteiger partial charge < -0.3 is 9.73 Å². The normalized spacial score (nSPS) is 20.8. The Hall–Kier alpha value is -2.73. The maximum absolute atomic E-state index is 13.3. The van der Waals surface area contributed by atoms with E-state index >= 15 is 0 Å². The zero-order valence-electron chi connectivity index (χ0n) is 16.0. The summed E-state index contributed by atoms with van der Waals surface area (Å²) in [5, 5.41) is 3.85. The second kappa shape index (κ2) is 6.95. The van der Waals surface area contributed by atoms with E-state index in [2.05, 4.69) is 16.3 Å². The number of benzene rings is 2. The largest absolute Gasteiger partial charge is 0.460 e. The third-order valence-corrected chi connectivity index (χ3v) is 6.40. The quantitative estimate of drug-likeness (QED) is 0.679. The topological polar surface area (TPSA) is 45.5 Å². The highest BCUT2D eigenvalue weighted by Gasteiger charge is 2.58. The summed E-state index contributed by atoms with van der Waals surface area (Å²) in [4.78, 5) is 14.9. The first kappa shape index (κ1) is 18.3. The third kappa shape index (κ3) is 3.53. The van der Waals surface area contributed by atoms with Crippen LogP contribution in [0.15, 0.2) is 52.9 Å². The lowest BCUT2D eigenvalue weighted by atomic mass is 9.90. The number of piperidine rings is 1. The van der Waals surface area contributed by atoms with Crippen molar-refractivity contribution in [3.8, 4) is 0 Å². The summed E-state index contributed by atoms with van der Waals surface area (Å²) < 4.78 is 32.3. The number of likely N-dealkylation sites (tertiary alicyclic amines) is 1. The molecule has 1 aliphatic heterocycles. The summed E-state index contributed by atoms with van der Waals surface area (Å²) in [6.45, 7) is 2.62. The zero-order chi connectivity index (χ0) is 20.0. The van der Waals surface area contributed by atoms with Crippen LogP contribution in [0.5, 0.6) is 0 Å². The third-order valence-electron chi connectivity index (χ3n) is 6.40. The van der Waals surface area contributed by atoms with Crippen LogP contribution in [-0.2, 0) is 11.3 Å². The first-order chi connectivity index (χ1) is 14.0. The predicted octanol–water partition coefficient (Wildman–Crippen LogP) is 4.95. The van der Waals surface area contributed by atoms with E-state index in [-0.39, 0.29) is 17.2 Å². The van der Waals surface area contributed by atoms with Gasteiger partial charge in [0.05, 0.1) is 6.54 Å². The molecule has 1 spiro atoms. The van der Waals surface area contributed by atoms with Gasteiger partial charge in [0.15, 0.2) is 11.6 Å².